The minimum Gasteiger partial charge on any atom is -0.493 e. The molecule has 0 aliphatic rings. The minimum atomic E-state index is -1.17. The average Bonchev–Trinajstić information content (AvgIpc) is 3.25. The van der Waals surface area contributed by atoms with Gasteiger partial charge in [0.15, 0.2) is 0 Å². The average molecular weight is 557 g/mol. The first-order chi connectivity index (χ1) is 19.8. The number of esters is 1. The number of hydrogen-bond donors (Lipinski definition) is 0. The van der Waals surface area contributed by atoms with Crippen molar-refractivity contribution in [1.82, 2.24) is 9.13 Å². The van der Waals surface area contributed by atoms with Crippen LogP contribution < -0.4 is 15.2 Å². The molecular formula is C34H40N2O5. The molecule has 0 radical (unpaired) electrons. The first kappa shape index (κ1) is 29.7. The van der Waals surface area contributed by atoms with E-state index in [1.807, 2.05) is 65.4 Å². The van der Waals surface area contributed by atoms with Crippen LogP contribution in [0.3, 0.4) is 0 Å². The molecule has 0 saturated heterocycles. The summed E-state index contributed by atoms with van der Waals surface area (Å²) >= 11 is 0. The number of ether oxygens (including phenoxy) is 3. The van der Waals surface area contributed by atoms with Gasteiger partial charge < -0.3 is 14.2 Å². The standard InChI is InChI=1S/C34H40N2O5/c1-5-21-36-29(25-35(33(36)38)24-28-14-12-26(3)13-15-28)20-22-40-30-18-16-27(17-19-30)23-34(4,32(37)39-6-2)41-31-10-8-7-9-11-31/h7-19,25H,5-6,20-24H2,1-4H3. The van der Waals surface area contributed by atoms with Crippen LogP contribution in [0.1, 0.15) is 49.6 Å². The largest absolute Gasteiger partial charge is 0.493 e. The summed E-state index contributed by atoms with van der Waals surface area (Å²) in [4.78, 5) is 25.9. The number of hydrogen-bond acceptors (Lipinski definition) is 5. The lowest BCUT2D eigenvalue weighted by Gasteiger charge is -2.28. The molecule has 0 amide bonds. The van der Waals surface area contributed by atoms with E-state index in [2.05, 4.69) is 38.1 Å². The van der Waals surface area contributed by atoms with Gasteiger partial charge in [-0.25, -0.2) is 9.59 Å². The van der Waals surface area contributed by atoms with Crippen molar-refractivity contribution in [3.63, 3.8) is 0 Å². The first-order valence-corrected chi connectivity index (χ1v) is 14.3. The topological polar surface area (TPSA) is 71.7 Å². The summed E-state index contributed by atoms with van der Waals surface area (Å²) in [5.41, 5.74) is 3.02. The molecule has 7 heteroatoms. The molecular weight excluding hydrogens is 516 g/mol. The Morgan fingerprint density at radius 3 is 2.22 bits per heavy atom. The van der Waals surface area contributed by atoms with Crippen molar-refractivity contribution < 1.29 is 19.0 Å². The number of carbonyl (C=O) groups is 1. The second kappa shape index (κ2) is 13.9. The van der Waals surface area contributed by atoms with E-state index in [1.54, 1.807) is 18.4 Å². The molecule has 4 rings (SSSR count). The van der Waals surface area contributed by atoms with Crippen LogP contribution in [0.2, 0.25) is 0 Å². The predicted octanol–water partition coefficient (Wildman–Crippen LogP) is 5.98. The Morgan fingerprint density at radius 2 is 1.56 bits per heavy atom. The highest BCUT2D eigenvalue weighted by Gasteiger charge is 2.37. The third kappa shape index (κ3) is 7.91. The molecule has 0 fully saturated rings. The fraction of sp³-hybridized carbons (Fsp3) is 0.353. The highest BCUT2D eigenvalue weighted by molar-refractivity contribution is 5.80. The van der Waals surface area contributed by atoms with Gasteiger partial charge in [0.2, 0.25) is 5.60 Å². The Labute approximate surface area is 242 Å². The van der Waals surface area contributed by atoms with Crippen LogP contribution in [0.15, 0.2) is 89.9 Å². The molecule has 0 saturated carbocycles. The first-order valence-electron chi connectivity index (χ1n) is 14.3. The number of aryl methyl sites for hydroxylation is 1. The van der Waals surface area contributed by atoms with Gasteiger partial charge in [0, 0.05) is 31.3 Å². The SMILES string of the molecule is CCCn1c(CCOc2ccc(CC(C)(Oc3ccccc3)C(=O)OCC)cc2)cn(Cc2ccc(C)cc2)c1=O. The Bertz CT molecular complexity index is 1460. The zero-order valence-electron chi connectivity index (χ0n) is 24.5. The van der Waals surface area contributed by atoms with E-state index in [0.717, 1.165) is 29.0 Å². The van der Waals surface area contributed by atoms with Gasteiger partial charge in [-0.2, -0.15) is 0 Å². The summed E-state index contributed by atoms with van der Waals surface area (Å²) in [5, 5.41) is 0. The smallest absolute Gasteiger partial charge is 0.350 e. The normalized spacial score (nSPS) is 12.5. The minimum absolute atomic E-state index is 0.00847. The van der Waals surface area contributed by atoms with E-state index in [4.69, 9.17) is 14.2 Å². The van der Waals surface area contributed by atoms with Crippen LogP contribution in [0.4, 0.5) is 0 Å². The monoisotopic (exact) mass is 556 g/mol. The molecule has 41 heavy (non-hydrogen) atoms. The molecule has 0 N–H and O–H groups in total. The molecule has 1 atom stereocenters. The zero-order valence-corrected chi connectivity index (χ0v) is 24.5. The molecule has 0 aliphatic carbocycles. The van der Waals surface area contributed by atoms with Gasteiger partial charge in [-0.15, -0.1) is 0 Å². The molecule has 0 bridgehead atoms. The van der Waals surface area contributed by atoms with E-state index >= 15 is 0 Å². The van der Waals surface area contributed by atoms with Crippen molar-refractivity contribution in [1.29, 1.82) is 0 Å². The van der Waals surface area contributed by atoms with Gasteiger partial charge in [-0.05, 0) is 62.6 Å². The molecule has 3 aromatic carbocycles. The summed E-state index contributed by atoms with van der Waals surface area (Å²) < 4.78 is 21.1. The van der Waals surface area contributed by atoms with Gasteiger partial charge in [0.25, 0.3) is 0 Å². The second-order valence-electron chi connectivity index (χ2n) is 10.5. The molecule has 216 valence electrons. The summed E-state index contributed by atoms with van der Waals surface area (Å²) in [7, 11) is 0. The van der Waals surface area contributed by atoms with Gasteiger partial charge in [-0.1, -0.05) is 67.1 Å². The maximum Gasteiger partial charge on any atom is 0.350 e. The Hall–Kier alpha value is -4.26. The van der Waals surface area contributed by atoms with Crippen LogP contribution in [0.5, 0.6) is 11.5 Å². The van der Waals surface area contributed by atoms with Crippen molar-refractivity contribution in [3.8, 4) is 11.5 Å². The van der Waals surface area contributed by atoms with Crippen LogP contribution in [0, 0.1) is 6.92 Å². The third-order valence-corrected chi connectivity index (χ3v) is 6.93. The van der Waals surface area contributed by atoms with E-state index in [0.29, 0.717) is 38.3 Å². The Balaban J connectivity index is 1.39. The molecule has 1 heterocycles. The fourth-order valence-corrected chi connectivity index (χ4v) is 4.80. The predicted molar refractivity (Wildman–Crippen MR) is 161 cm³/mol. The highest BCUT2D eigenvalue weighted by Crippen LogP contribution is 2.25. The number of aromatic nitrogens is 2. The number of nitrogens with zero attached hydrogens (tertiary/aromatic N) is 2. The van der Waals surface area contributed by atoms with Gasteiger partial charge in [0.05, 0.1) is 19.8 Å². The van der Waals surface area contributed by atoms with Crippen molar-refractivity contribution in [2.24, 2.45) is 0 Å². The summed E-state index contributed by atoms with van der Waals surface area (Å²) in [6, 6.07) is 25.2. The zero-order chi connectivity index (χ0) is 29.2. The van der Waals surface area contributed by atoms with Gasteiger partial charge in [0.1, 0.15) is 11.5 Å². The van der Waals surface area contributed by atoms with Crippen molar-refractivity contribution >= 4 is 5.97 Å². The summed E-state index contributed by atoms with van der Waals surface area (Å²) in [6.45, 7) is 9.60. The number of benzene rings is 3. The molecule has 0 spiro atoms. The molecule has 4 aromatic rings. The van der Waals surface area contributed by atoms with E-state index in [-0.39, 0.29) is 12.3 Å². The Morgan fingerprint density at radius 1 is 0.878 bits per heavy atom. The molecule has 1 aromatic heterocycles. The lowest BCUT2D eigenvalue weighted by atomic mass is 9.96. The number of imidazole rings is 1. The fourth-order valence-electron chi connectivity index (χ4n) is 4.80. The van der Waals surface area contributed by atoms with E-state index < -0.39 is 11.6 Å². The lowest BCUT2D eigenvalue weighted by Crippen LogP contribution is -2.45. The van der Waals surface area contributed by atoms with Crippen LogP contribution in [0.25, 0.3) is 0 Å². The summed E-state index contributed by atoms with van der Waals surface area (Å²) in [6.07, 6.45) is 3.79. The molecule has 1 unspecified atom stereocenters. The van der Waals surface area contributed by atoms with Gasteiger partial charge >= 0.3 is 11.7 Å². The van der Waals surface area contributed by atoms with Crippen LogP contribution in [-0.4, -0.2) is 33.9 Å². The number of para-hydroxylation sites is 1. The van der Waals surface area contributed by atoms with Crippen molar-refractivity contribution in [3.05, 3.63) is 118 Å². The Kier molecular flexibility index (Phi) is 10.1. The second-order valence-corrected chi connectivity index (χ2v) is 10.5. The molecule has 7 nitrogen and oxygen atoms in total. The quantitative estimate of drug-likeness (QED) is 0.179. The van der Waals surface area contributed by atoms with E-state index in [1.165, 1.54) is 5.56 Å². The van der Waals surface area contributed by atoms with Crippen molar-refractivity contribution in [2.45, 2.75) is 65.6 Å². The van der Waals surface area contributed by atoms with Crippen LogP contribution in [-0.2, 0) is 35.5 Å². The summed E-state index contributed by atoms with van der Waals surface area (Å²) in [5.74, 6) is 0.924. The molecule has 0 aliphatic heterocycles. The number of carbonyl (C=O) groups excluding carboxylic acids is 1. The van der Waals surface area contributed by atoms with E-state index in [9.17, 15) is 9.59 Å². The van der Waals surface area contributed by atoms with Crippen LogP contribution >= 0.6 is 0 Å². The third-order valence-electron chi connectivity index (χ3n) is 6.93. The number of rotatable bonds is 14. The maximum atomic E-state index is 13.1. The maximum absolute atomic E-state index is 13.1. The van der Waals surface area contributed by atoms with Crippen molar-refractivity contribution in [2.75, 3.05) is 13.2 Å². The highest BCUT2D eigenvalue weighted by atomic mass is 16.6. The lowest BCUT2D eigenvalue weighted by molar-refractivity contribution is -0.160. The van der Waals surface area contributed by atoms with Gasteiger partial charge in [-0.3, -0.25) is 9.13 Å².